The van der Waals surface area contributed by atoms with E-state index in [0.29, 0.717) is 18.2 Å². The first kappa shape index (κ1) is 51.7. The van der Waals surface area contributed by atoms with Crippen LogP contribution in [0.25, 0.3) is 10.8 Å². The zero-order valence-electron chi connectivity index (χ0n) is 29.4. The maximum Gasteiger partial charge on any atom is 0.316 e. The van der Waals surface area contributed by atoms with Crippen LogP contribution >= 0.6 is 0 Å². The Bertz CT molecular complexity index is 2610. The first-order valence-corrected chi connectivity index (χ1v) is 20.1. The van der Waals surface area contributed by atoms with E-state index in [0.717, 1.165) is 11.5 Å². The van der Waals surface area contributed by atoms with Crippen molar-refractivity contribution in [2.45, 2.75) is 14.7 Å². The number of primary amides is 1. The van der Waals surface area contributed by atoms with Crippen LogP contribution in [0.3, 0.4) is 0 Å². The molecule has 0 unspecified atom stereocenters. The molecule has 56 heavy (non-hydrogen) atoms. The molecule has 287 valence electrons. The second-order valence-electron chi connectivity index (χ2n) is 10.3. The van der Waals surface area contributed by atoms with Gasteiger partial charge in [-0.05, 0) is 47.9 Å². The van der Waals surface area contributed by atoms with Gasteiger partial charge in [0.1, 0.15) is 21.2 Å². The molecule has 0 saturated heterocycles. The van der Waals surface area contributed by atoms with Crippen molar-refractivity contribution in [3.63, 3.8) is 0 Å². The molecule has 30 heteroatoms. The third kappa shape index (κ3) is 14.8. The van der Waals surface area contributed by atoms with E-state index in [1.165, 1.54) is 18.2 Å². The van der Waals surface area contributed by atoms with Crippen LogP contribution < -0.4 is 21.7 Å². The first-order valence-electron chi connectivity index (χ1n) is 14.1. The monoisotopic (exact) mass is 888 g/mol. The van der Waals surface area contributed by atoms with Gasteiger partial charge in [0.25, 0.3) is 30.4 Å². The number of amides is 2. The van der Waals surface area contributed by atoms with Crippen molar-refractivity contribution in [3.8, 4) is 0 Å². The minimum Gasteiger partial charge on any atom is -0.379 e. The molecule has 8 N–H and O–H groups in total. The number of carbonyl (C=O) groups excluding carboxylic acids is 1. The quantitative estimate of drug-likeness (QED) is 0.0362. The molecule has 0 saturated carbocycles. The number of urea groups is 1. The zero-order chi connectivity index (χ0) is 39.4. The third-order valence-corrected chi connectivity index (χ3v) is 10.4. The summed E-state index contributed by atoms with van der Waals surface area (Å²) in [5, 5.41) is 15.0. The van der Waals surface area contributed by atoms with E-state index in [1.54, 1.807) is 0 Å². The SMILES string of the molecule is C=CS(=O)(=O)CCOCCNc1nc(F)nc(Nc2ccc(N=Nc3cc4c(S(=O)(=O)O)cc(S(=O)(=O)O)cc4cc3S(=O)(=O)O)c(NC(N)=O)c2)n1.[Na].[Na].[Na]. The molecule has 4 rings (SSSR count). The molecule has 0 aliphatic rings. The fourth-order valence-electron chi connectivity index (χ4n) is 4.22. The van der Waals surface area contributed by atoms with E-state index >= 15 is 0 Å². The fourth-order valence-corrected chi connectivity index (χ4v) is 6.72. The van der Waals surface area contributed by atoms with Crippen LogP contribution in [-0.2, 0) is 44.9 Å². The van der Waals surface area contributed by atoms with Crippen molar-refractivity contribution in [2.24, 2.45) is 16.0 Å². The maximum absolute atomic E-state index is 14.2. The molecule has 22 nitrogen and oxygen atoms in total. The number of nitrogens with one attached hydrogen (secondary N) is 3. The third-order valence-electron chi connectivity index (χ3n) is 6.50. The van der Waals surface area contributed by atoms with Crippen LogP contribution in [0.1, 0.15) is 0 Å². The number of nitrogens with two attached hydrogens (primary N) is 1. The van der Waals surface area contributed by atoms with Crippen molar-refractivity contribution < 1.29 is 61.3 Å². The average molecular weight is 889 g/mol. The van der Waals surface area contributed by atoms with Crippen LogP contribution in [-0.4, -0.2) is 182 Å². The second-order valence-corrected chi connectivity index (χ2v) is 16.5. The van der Waals surface area contributed by atoms with Gasteiger partial charge in [0.2, 0.25) is 11.9 Å². The van der Waals surface area contributed by atoms with Crippen molar-refractivity contribution in [3.05, 3.63) is 60.5 Å². The summed E-state index contributed by atoms with van der Waals surface area (Å²) in [6.45, 7) is 3.12. The smallest absolute Gasteiger partial charge is 0.316 e. The normalized spacial score (nSPS) is 11.9. The number of hydrogen-bond donors (Lipinski definition) is 7. The van der Waals surface area contributed by atoms with Crippen LogP contribution in [0.5, 0.6) is 0 Å². The number of halogens is 1. The van der Waals surface area contributed by atoms with Crippen molar-refractivity contribution >= 4 is 180 Å². The summed E-state index contributed by atoms with van der Waals surface area (Å²) < 4.78 is 143. The number of fused-ring (bicyclic) bond motifs is 1. The van der Waals surface area contributed by atoms with E-state index in [-0.39, 0.29) is 143 Å². The van der Waals surface area contributed by atoms with Gasteiger partial charge in [-0.25, -0.2) is 13.2 Å². The minimum absolute atomic E-state index is 0. The summed E-state index contributed by atoms with van der Waals surface area (Å²) in [6, 6.07) is 4.97. The Morgan fingerprint density at radius 2 is 1.45 bits per heavy atom. The van der Waals surface area contributed by atoms with Gasteiger partial charge in [-0.15, -0.1) is 10.2 Å². The zero-order valence-corrected chi connectivity index (χ0v) is 38.7. The van der Waals surface area contributed by atoms with E-state index in [4.69, 9.17) is 10.5 Å². The molecule has 0 aliphatic heterocycles. The number of aromatic nitrogens is 3. The molecule has 0 spiro atoms. The molecule has 3 radical (unpaired) electrons. The standard InChI is InChI=1S/C26H26FN9O13S4.3Na/c1-2-50(38,39)8-7-49-6-5-29-25-32-23(27)33-26(34-25)30-15-3-4-18(19(11-15)31-24(28)37)35-36-20-13-17-14(10-22(20)53(46,47)48)9-16(51(40,41)42)12-21(17)52(43,44)45;;;/h2-4,9-13H,1,5-8H2,(H3,28,31,37)(H,40,41,42)(H,43,44,45)(H,46,47,48)(H2,29,30,32,33,34);;;. The molecule has 0 fully saturated rings. The first-order chi connectivity index (χ1) is 24.6. The summed E-state index contributed by atoms with van der Waals surface area (Å²) >= 11 is 0. The Labute approximate surface area is 384 Å². The van der Waals surface area contributed by atoms with E-state index in [1.807, 2.05) is 0 Å². The molecule has 1 heterocycles. The molecule has 0 aliphatic carbocycles. The van der Waals surface area contributed by atoms with E-state index in [2.05, 4.69) is 47.7 Å². The summed E-state index contributed by atoms with van der Waals surface area (Å²) in [6.07, 6.45) is -1.21. The maximum atomic E-state index is 14.2. The number of ether oxygens (including phenoxy) is 1. The Kier molecular flexibility index (Phi) is 19.5. The molecule has 1 aromatic heterocycles. The van der Waals surface area contributed by atoms with Crippen LogP contribution in [0.4, 0.5) is 43.8 Å². The molecule has 0 bridgehead atoms. The summed E-state index contributed by atoms with van der Waals surface area (Å²) in [5.74, 6) is -0.856. The van der Waals surface area contributed by atoms with Gasteiger partial charge < -0.3 is 26.4 Å². The number of rotatable bonds is 16. The number of sulfone groups is 1. The Morgan fingerprint density at radius 3 is 2.04 bits per heavy atom. The minimum atomic E-state index is -5.21. The number of nitrogens with zero attached hydrogens (tertiary/aromatic N) is 5. The van der Waals surface area contributed by atoms with Gasteiger partial charge >= 0.3 is 12.1 Å². The largest absolute Gasteiger partial charge is 0.379 e. The van der Waals surface area contributed by atoms with Crippen LogP contribution in [0, 0.1) is 6.08 Å². The fraction of sp³-hybridized carbons (Fsp3) is 0.154. The van der Waals surface area contributed by atoms with Crippen molar-refractivity contribution in [1.29, 1.82) is 0 Å². The van der Waals surface area contributed by atoms with Gasteiger partial charge in [0.05, 0.1) is 29.5 Å². The molecular weight excluding hydrogens is 863 g/mol. The van der Waals surface area contributed by atoms with Gasteiger partial charge in [0.15, 0.2) is 9.84 Å². The summed E-state index contributed by atoms with van der Waals surface area (Å²) in [5.41, 5.74) is 4.20. The Balaban J connectivity index is 0.00000523. The van der Waals surface area contributed by atoms with Crippen LogP contribution in [0.2, 0.25) is 0 Å². The molecule has 4 aromatic rings. The molecule has 0 atom stereocenters. The van der Waals surface area contributed by atoms with Gasteiger partial charge in [-0.3, -0.25) is 13.7 Å². The summed E-state index contributed by atoms with van der Waals surface area (Å²) in [4.78, 5) is 19.7. The molecule has 2 amide bonds. The number of carbonyl (C=O) groups is 1. The van der Waals surface area contributed by atoms with E-state index < -0.39 is 83.4 Å². The van der Waals surface area contributed by atoms with E-state index in [9.17, 15) is 56.5 Å². The predicted octanol–water partition coefficient (Wildman–Crippen LogP) is 1.40. The van der Waals surface area contributed by atoms with Gasteiger partial charge in [0, 0.05) is 112 Å². The number of azo groups is 1. The average Bonchev–Trinajstić information content (AvgIpc) is 3.03. The van der Waals surface area contributed by atoms with Crippen LogP contribution in [0.15, 0.2) is 79.4 Å². The number of anilines is 4. The second kappa shape index (κ2) is 21.1. The Morgan fingerprint density at radius 1 is 0.821 bits per heavy atom. The summed E-state index contributed by atoms with van der Waals surface area (Å²) in [7, 11) is -18.9. The van der Waals surface area contributed by atoms with Gasteiger partial charge in [-0.1, -0.05) is 6.58 Å². The predicted molar refractivity (Wildman–Crippen MR) is 201 cm³/mol. The molecular formula is C26H26FN9Na3O13S4. The number of hydrogen-bond acceptors (Lipinski definition) is 17. The molecule has 3 aromatic carbocycles. The van der Waals surface area contributed by atoms with Crippen molar-refractivity contribution in [1.82, 2.24) is 15.0 Å². The van der Waals surface area contributed by atoms with Crippen molar-refractivity contribution in [2.75, 3.05) is 41.5 Å². The Hall–Kier alpha value is -2.29. The topological polar surface area (TPSA) is 349 Å². The van der Waals surface area contributed by atoms with Gasteiger partial charge in [-0.2, -0.15) is 44.6 Å². The number of benzene rings is 3.